The number of carbonyl (C=O) groups excluding carboxylic acids is 3. The third-order valence-electron chi connectivity index (χ3n) is 12.4. The van der Waals surface area contributed by atoms with Crippen LogP contribution in [0.2, 0.25) is 0 Å². The number of rotatable bonds is 9. The average Bonchev–Trinajstić information content (AvgIpc) is 3.38. The fourth-order valence-corrected chi connectivity index (χ4v) is 9.61. The fraction of sp³-hybridized carbons (Fsp3) is 0.806. The van der Waals surface area contributed by atoms with E-state index in [1.165, 1.54) is 19.8 Å². The van der Waals surface area contributed by atoms with Gasteiger partial charge in [-0.05, 0) is 87.9 Å². The molecule has 0 amide bonds. The second-order valence-corrected chi connectivity index (χ2v) is 15.1. The standard InChI is InChI=1S/C36H54O10/c1-21(28(37)20-29(38)34(2,3)46-31-10-8-9-17-43-31)25-13-14-26-24-12-11-22-18-23(44-32(39)41-6)19-30(45-33(40)42-7)36(22,5)27(24)15-16-35(25,26)4/h11-12,21,23,25-28,30-31,37H,8-10,13-20H2,1-7H3/t21-,23+,25+,26-,27-,28?,30-,31?,35+,36-/m0/s1. The third kappa shape index (κ3) is 6.50. The Bertz CT molecular complexity index is 1220. The van der Waals surface area contributed by atoms with Gasteiger partial charge in [0.1, 0.15) is 17.8 Å². The Morgan fingerprint density at radius 3 is 2.39 bits per heavy atom. The van der Waals surface area contributed by atoms with Crippen LogP contribution < -0.4 is 0 Å². The summed E-state index contributed by atoms with van der Waals surface area (Å²) in [5.74, 6) is 0.539. The van der Waals surface area contributed by atoms with Crippen molar-refractivity contribution in [3.8, 4) is 0 Å². The quantitative estimate of drug-likeness (QED) is 0.271. The molecule has 4 fully saturated rings. The third-order valence-corrected chi connectivity index (χ3v) is 12.4. The Balaban J connectivity index is 1.32. The predicted molar refractivity (Wildman–Crippen MR) is 169 cm³/mol. The van der Waals surface area contributed by atoms with Crippen LogP contribution in [-0.4, -0.2) is 74.2 Å². The van der Waals surface area contributed by atoms with Crippen molar-refractivity contribution < 1.29 is 47.9 Å². The maximum absolute atomic E-state index is 13.4. The highest BCUT2D eigenvalue weighted by Crippen LogP contribution is 2.66. The molecule has 0 radical (unpaired) electrons. The van der Waals surface area contributed by atoms with Crippen molar-refractivity contribution in [3.63, 3.8) is 0 Å². The first-order chi connectivity index (χ1) is 21.7. The lowest BCUT2D eigenvalue weighted by Crippen LogP contribution is -2.54. The van der Waals surface area contributed by atoms with Gasteiger partial charge in [-0.25, -0.2) is 9.59 Å². The molecular weight excluding hydrogens is 592 g/mol. The number of ether oxygens (including phenoxy) is 6. The Kier molecular flexibility index (Phi) is 10.3. The summed E-state index contributed by atoms with van der Waals surface area (Å²) in [5.41, 5.74) is 0.921. The molecule has 0 aromatic heterocycles. The topological polar surface area (TPSA) is 127 Å². The molecule has 4 aliphatic carbocycles. The molecule has 5 rings (SSSR count). The van der Waals surface area contributed by atoms with Crippen LogP contribution >= 0.6 is 0 Å². The van der Waals surface area contributed by atoms with Gasteiger partial charge in [-0.1, -0.05) is 44.1 Å². The molecule has 10 nitrogen and oxygen atoms in total. The molecule has 10 heteroatoms. The summed E-state index contributed by atoms with van der Waals surface area (Å²) in [6.45, 7) is 10.8. The first-order valence-electron chi connectivity index (χ1n) is 17.2. The van der Waals surface area contributed by atoms with Crippen LogP contribution in [0.15, 0.2) is 23.3 Å². The Labute approximate surface area is 273 Å². The van der Waals surface area contributed by atoms with Crippen LogP contribution in [-0.2, 0) is 33.2 Å². The molecule has 0 spiro atoms. The number of allylic oxidation sites excluding steroid dienone is 3. The van der Waals surface area contributed by atoms with Crippen molar-refractivity contribution >= 4 is 18.1 Å². The number of carbonyl (C=O) groups is 3. The van der Waals surface area contributed by atoms with Crippen molar-refractivity contribution in [3.05, 3.63) is 23.3 Å². The molecule has 46 heavy (non-hydrogen) atoms. The lowest BCUT2D eigenvalue weighted by atomic mass is 9.49. The van der Waals surface area contributed by atoms with E-state index in [0.29, 0.717) is 25.4 Å². The van der Waals surface area contributed by atoms with Crippen LogP contribution in [0.4, 0.5) is 9.59 Å². The van der Waals surface area contributed by atoms with E-state index in [-0.39, 0.29) is 41.7 Å². The van der Waals surface area contributed by atoms with E-state index in [1.54, 1.807) is 13.8 Å². The maximum atomic E-state index is 13.4. The van der Waals surface area contributed by atoms with E-state index in [2.05, 4.69) is 32.9 Å². The number of aliphatic hydroxyl groups excluding tert-OH is 1. The SMILES string of the molecule is COC(=O)O[C@@H]1CC2=CC=C3[C@@H]4CC[C@H]([C@H](C)C(O)CC(=O)C(C)(C)OC5CCCCO5)[C@@]4(C)CC[C@@H]3[C@@]2(C)[C@@H](OC(=O)OC)C1. The average molecular weight is 647 g/mol. The summed E-state index contributed by atoms with van der Waals surface area (Å²) in [5, 5.41) is 11.5. The summed E-state index contributed by atoms with van der Waals surface area (Å²) in [4.78, 5) is 37.8. The van der Waals surface area contributed by atoms with E-state index in [4.69, 9.17) is 28.4 Å². The molecule has 1 saturated heterocycles. The Morgan fingerprint density at radius 1 is 1.00 bits per heavy atom. The summed E-state index contributed by atoms with van der Waals surface area (Å²) in [6.07, 6.45) is 8.31. The number of ketones is 1. The van der Waals surface area contributed by atoms with Gasteiger partial charge in [-0.15, -0.1) is 0 Å². The highest BCUT2D eigenvalue weighted by molar-refractivity contribution is 5.86. The molecule has 10 atom stereocenters. The van der Waals surface area contributed by atoms with Crippen LogP contribution in [0.5, 0.6) is 0 Å². The van der Waals surface area contributed by atoms with Crippen molar-refractivity contribution in [1.82, 2.24) is 0 Å². The highest BCUT2D eigenvalue weighted by Gasteiger charge is 2.60. The monoisotopic (exact) mass is 646 g/mol. The zero-order valence-corrected chi connectivity index (χ0v) is 28.7. The molecule has 1 N–H and O–H groups in total. The largest absolute Gasteiger partial charge is 0.508 e. The van der Waals surface area contributed by atoms with Gasteiger partial charge in [0.15, 0.2) is 12.1 Å². The van der Waals surface area contributed by atoms with Gasteiger partial charge in [0.2, 0.25) is 0 Å². The second kappa shape index (κ2) is 13.6. The molecule has 1 heterocycles. The van der Waals surface area contributed by atoms with Gasteiger partial charge in [0.25, 0.3) is 0 Å². The molecule has 5 aliphatic rings. The fourth-order valence-electron chi connectivity index (χ4n) is 9.61. The Hall–Kier alpha value is -2.43. The normalized spacial score (nSPS) is 36.9. The number of hydrogen-bond donors (Lipinski definition) is 1. The number of fused-ring (bicyclic) bond motifs is 5. The summed E-state index contributed by atoms with van der Waals surface area (Å²) in [6, 6.07) is 0. The van der Waals surface area contributed by atoms with Crippen LogP contribution in [0.25, 0.3) is 0 Å². The van der Waals surface area contributed by atoms with Gasteiger partial charge in [-0.2, -0.15) is 0 Å². The van der Waals surface area contributed by atoms with Gasteiger partial charge in [0.05, 0.1) is 20.3 Å². The summed E-state index contributed by atoms with van der Waals surface area (Å²) < 4.78 is 32.8. The van der Waals surface area contributed by atoms with Crippen molar-refractivity contribution in [2.45, 2.75) is 129 Å². The zero-order chi connectivity index (χ0) is 33.4. The maximum Gasteiger partial charge on any atom is 0.508 e. The molecule has 1 aliphatic heterocycles. The molecule has 2 unspecified atom stereocenters. The van der Waals surface area contributed by atoms with Crippen LogP contribution in [0.1, 0.15) is 98.8 Å². The molecule has 0 bridgehead atoms. The van der Waals surface area contributed by atoms with E-state index >= 15 is 0 Å². The van der Waals surface area contributed by atoms with Gasteiger partial charge < -0.3 is 33.5 Å². The number of Topliss-reactive ketones (excluding diaryl/α,β-unsaturated/α-hetero) is 1. The van der Waals surface area contributed by atoms with Crippen molar-refractivity contribution in [1.29, 1.82) is 0 Å². The number of hydrogen-bond acceptors (Lipinski definition) is 10. The second-order valence-electron chi connectivity index (χ2n) is 15.1. The first-order valence-corrected chi connectivity index (χ1v) is 17.2. The molecular formula is C36H54O10. The molecule has 0 aromatic carbocycles. The molecule has 3 saturated carbocycles. The van der Waals surface area contributed by atoms with Crippen LogP contribution in [0.3, 0.4) is 0 Å². The van der Waals surface area contributed by atoms with Crippen molar-refractivity contribution in [2.24, 2.45) is 34.5 Å². The van der Waals surface area contributed by atoms with Gasteiger partial charge in [0, 0.05) is 31.3 Å². The van der Waals surface area contributed by atoms with E-state index in [9.17, 15) is 19.5 Å². The predicted octanol–water partition coefficient (Wildman–Crippen LogP) is 6.68. The number of aliphatic hydroxyl groups is 1. The van der Waals surface area contributed by atoms with E-state index in [1.807, 2.05) is 0 Å². The summed E-state index contributed by atoms with van der Waals surface area (Å²) in [7, 11) is 2.58. The minimum atomic E-state index is -1.03. The van der Waals surface area contributed by atoms with E-state index < -0.39 is 41.6 Å². The van der Waals surface area contributed by atoms with Gasteiger partial charge in [-0.3, -0.25) is 4.79 Å². The minimum Gasteiger partial charge on any atom is -0.438 e. The highest BCUT2D eigenvalue weighted by atomic mass is 16.7. The lowest BCUT2D eigenvalue weighted by molar-refractivity contribution is -0.215. The summed E-state index contributed by atoms with van der Waals surface area (Å²) >= 11 is 0. The minimum absolute atomic E-state index is 0.0423. The van der Waals surface area contributed by atoms with E-state index in [0.717, 1.165) is 50.5 Å². The molecule has 258 valence electrons. The first kappa shape index (κ1) is 34.9. The lowest BCUT2D eigenvalue weighted by Gasteiger charge is -2.57. The van der Waals surface area contributed by atoms with Crippen LogP contribution in [0, 0.1) is 34.5 Å². The molecule has 0 aromatic rings. The Morgan fingerprint density at radius 2 is 1.72 bits per heavy atom. The smallest absolute Gasteiger partial charge is 0.438 e. The van der Waals surface area contributed by atoms with Gasteiger partial charge >= 0.3 is 12.3 Å². The number of methoxy groups -OCH3 is 2. The zero-order valence-electron chi connectivity index (χ0n) is 28.7. The van der Waals surface area contributed by atoms with Crippen molar-refractivity contribution in [2.75, 3.05) is 20.8 Å².